The highest BCUT2D eigenvalue weighted by molar-refractivity contribution is 5.29. The van der Waals surface area contributed by atoms with Crippen molar-refractivity contribution < 1.29 is 4.74 Å². The van der Waals surface area contributed by atoms with Crippen LogP contribution in [-0.4, -0.2) is 13.7 Å². The van der Waals surface area contributed by atoms with Gasteiger partial charge in [0.15, 0.2) is 0 Å². The van der Waals surface area contributed by atoms with Gasteiger partial charge in [0.05, 0.1) is 6.61 Å². The van der Waals surface area contributed by atoms with Gasteiger partial charge in [0, 0.05) is 7.11 Å². The maximum atomic E-state index is 5.56. The van der Waals surface area contributed by atoms with E-state index in [-0.39, 0.29) is 0 Å². The fourth-order valence-electron chi connectivity index (χ4n) is 1.71. The molecule has 0 saturated carbocycles. The lowest BCUT2D eigenvalue weighted by atomic mass is 9.93. The maximum Gasteiger partial charge on any atom is 0.0715 e. The molecule has 1 unspecified atom stereocenters. The van der Waals surface area contributed by atoms with Crippen molar-refractivity contribution in [3.8, 4) is 0 Å². The van der Waals surface area contributed by atoms with Crippen LogP contribution in [0, 0.1) is 0 Å². The first kappa shape index (κ1) is 11.2. The van der Waals surface area contributed by atoms with Gasteiger partial charge >= 0.3 is 0 Å². The summed E-state index contributed by atoms with van der Waals surface area (Å²) in [5.41, 5.74) is 8.19. The summed E-state index contributed by atoms with van der Waals surface area (Å²) in [6, 6.07) is 8.40. The highest BCUT2D eigenvalue weighted by Gasteiger charge is 2.08. The monoisotopic (exact) mass is 193 g/mol. The molecule has 2 heteroatoms. The minimum atomic E-state index is 0.520. The Labute approximate surface area is 86.1 Å². The van der Waals surface area contributed by atoms with Gasteiger partial charge in [0.2, 0.25) is 0 Å². The lowest BCUT2D eigenvalue weighted by Crippen LogP contribution is -2.07. The van der Waals surface area contributed by atoms with Gasteiger partial charge in [-0.05, 0) is 30.0 Å². The van der Waals surface area contributed by atoms with E-state index < -0.39 is 0 Å². The number of benzene rings is 1. The van der Waals surface area contributed by atoms with Crippen LogP contribution in [-0.2, 0) is 11.3 Å². The van der Waals surface area contributed by atoms with Gasteiger partial charge in [-0.15, -0.1) is 0 Å². The van der Waals surface area contributed by atoms with Crippen LogP contribution in [0.4, 0.5) is 0 Å². The van der Waals surface area contributed by atoms with Crippen LogP contribution in [0.2, 0.25) is 0 Å². The van der Waals surface area contributed by atoms with Crippen molar-refractivity contribution in [2.75, 3.05) is 13.7 Å². The van der Waals surface area contributed by atoms with Gasteiger partial charge in [-0.2, -0.15) is 0 Å². The number of ether oxygens (including phenoxy) is 1. The molecule has 0 bridgehead atoms. The van der Waals surface area contributed by atoms with E-state index in [1.807, 2.05) is 6.07 Å². The van der Waals surface area contributed by atoms with Gasteiger partial charge in [-0.3, -0.25) is 0 Å². The molecule has 0 aliphatic rings. The van der Waals surface area contributed by atoms with Gasteiger partial charge in [0.25, 0.3) is 0 Å². The van der Waals surface area contributed by atoms with Crippen LogP contribution < -0.4 is 5.73 Å². The third-order valence-electron chi connectivity index (χ3n) is 2.49. The zero-order valence-corrected chi connectivity index (χ0v) is 8.99. The molecule has 2 N–H and O–H groups in total. The highest BCUT2D eigenvalue weighted by Crippen LogP contribution is 2.22. The molecule has 1 atom stereocenters. The predicted molar refractivity (Wildman–Crippen MR) is 59.2 cm³/mol. The second-order valence-corrected chi connectivity index (χ2v) is 3.61. The molecule has 0 saturated heterocycles. The van der Waals surface area contributed by atoms with Gasteiger partial charge < -0.3 is 10.5 Å². The van der Waals surface area contributed by atoms with Crippen molar-refractivity contribution in [1.82, 2.24) is 0 Å². The van der Waals surface area contributed by atoms with Crippen LogP contribution in [0.5, 0.6) is 0 Å². The minimum Gasteiger partial charge on any atom is -0.380 e. The lowest BCUT2D eigenvalue weighted by molar-refractivity contribution is 0.184. The summed E-state index contributed by atoms with van der Waals surface area (Å²) >= 11 is 0. The molecule has 0 radical (unpaired) electrons. The van der Waals surface area contributed by atoms with E-state index in [9.17, 15) is 0 Å². The van der Waals surface area contributed by atoms with Crippen LogP contribution in [0.1, 0.15) is 30.4 Å². The summed E-state index contributed by atoms with van der Waals surface area (Å²) in [5.74, 6) is 0.520. The smallest absolute Gasteiger partial charge is 0.0715 e. The molecule has 0 heterocycles. The Hall–Kier alpha value is -0.860. The van der Waals surface area contributed by atoms with Crippen molar-refractivity contribution in [3.05, 3.63) is 35.4 Å². The molecule has 0 aromatic heterocycles. The van der Waals surface area contributed by atoms with Crippen LogP contribution in [0.25, 0.3) is 0 Å². The molecule has 0 amide bonds. The molecular formula is C12H19NO. The fourth-order valence-corrected chi connectivity index (χ4v) is 1.71. The topological polar surface area (TPSA) is 35.2 Å². The number of nitrogens with two attached hydrogens (primary N) is 1. The Kier molecular flexibility index (Phi) is 4.63. The molecule has 1 aromatic carbocycles. The summed E-state index contributed by atoms with van der Waals surface area (Å²) in [5, 5.41) is 0. The van der Waals surface area contributed by atoms with Gasteiger partial charge in [-0.25, -0.2) is 0 Å². The molecule has 0 fully saturated rings. The van der Waals surface area contributed by atoms with E-state index in [4.69, 9.17) is 10.5 Å². The minimum absolute atomic E-state index is 0.520. The zero-order valence-electron chi connectivity index (χ0n) is 8.99. The predicted octanol–water partition coefficient (Wildman–Crippen LogP) is 2.29. The normalized spacial score (nSPS) is 12.8. The maximum absolute atomic E-state index is 5.56. The number of hydrogen-bond donors (Lipinski definition) is 1. The Balaban J connectivity index is 2.82. The second-order valence-electron chi connectivity index (χ2n) is 3.61. The first-order valence-electron chi connectivity index (χ1n) is 5.06. The van der Waals surface area contributed by atoms with Crippen molar-refractivity contribution in [2.24, 2.45) is 5.73 Å². The van der Waals surface area contributed by atoms with E-state index in [1.165, 1.54) is 11.1 Å². The summed E-state index contributed by atoms with van der Waals surface area (Å²) in [6.07, 6.45) is 1.03. The van der Waals surface area contributed by atoms with Gasteiger partial charge in [0.1, 0.15) is 0 Å². The van der Waals surface area contributed by atoms with Crippen LogP contribution >= 0.6 is 0 Å². The average molecular weight is 193 g/mol. The Morgan fingerprint density at radius 1 is 1.36 bits per heavy atom. The Bertz CT molecular complexity index is 273. The number of hydrogen-bond acceptors (Lipinski definition) is 2. The highest BCUT2D eigenvalue weighted by atomic mass is 16.5. The van der Waals surface area contributed by atoms with Crippen LogP contribution in [0.15, 0.2) is 24.3 Å². The first-order chi connectivity index (χ1) is 6.79. The lowest BCUT2D eigenvalue weighted by Gasteiger charge is -2.15. The van der Waals surface area contributed by atoms with Crippen LogP contribution in [0.3, 0.4) is 0 Å². The summed E-state index contributed by atoms with van der Waals surface area (Å²) < 4.78 is 5.17. The Morgan fingerprint density at radius 3 is 2.71 bits per heavy atom. The molecule has 14 heavy (non-hydrogen) atoms. The van der Waals surface area contributed by atoms with Gasteiger partial charge in [-0.1, -0.05) is 31.2 Å². The molecule has 0 aliphatic carbocycles. The summed E-state index contributed by atoms with van der Waals surface area (Å²) in [7, 11) is 1.73. The number of methoxy groups -OCH3 is 1. The molecule has 2 nitrogen and oxygen atoms in total. The van der Waals surface area contributed by atoms with E-state index in [0.29, 0.717) is 12.5 Å². The first-order valence-corrected chi connectivity index (χ1v) is 5.06. The largest absolute Gasteiger partial charge is 0.380 e. The standard InChI is InChI=1S/C12H19NO/c1-10(7-8-13)12-6-4-3-5-11(12)9-14-2/h3-6,10H,7-9,13H2,1-2H3. The molecule has 0 spiro atoms. The second kappa shape index (κ2) is 5.78. The van der Waals surface area contributed by atoms with E-state index >= 15 is 0 Å². The summed E-state index contributed by atoms with van der Waals surface area (Å²) in [4.78, 5) is 0. The molecule has 1 rings (SSSR count). The fraction of sp³-hybridized carbons (Fsp3) is 0.500. The molecule has 0 aliphatic heterocycles. The van der Waals surface area contributed by atoms with Crippen molar-refractivity contribution in [3.63, 3.8) is 0 Å². The van der Waals surface area contributed by atoms with Crippen molar-refractivity contribution in [2.45, 2.75) is 25.9 Å². The van der Waals surface area contributed by atoms with E-state index in [2.05, 4.69) is 25.1 Å². The summed E-state index contributed by atoms with van der Waals surface area (Å²) in [6.45, 7) is 3.63. The quantitative estimate of drug-likeness (QED) is 0.778. The SMILES string of the molecule is COCc1ccccc1C(C)CCN. The third kappa shape index (κ3) is 2.82. The molecule has 1 aromatic rings. The molecule has 78 valence electrons. The van der Waals surface area contributed by atoms with Crippen molar-refractivity contribution >= 4 is 0 Å². The zero-order chi connectivity index (χ0) is 10.4. The Morgan fingerprint density at radius 2 is 2.07 bits per heavy atom. The number of rotatable bonds is 5. The van der Waals surface area contributed by atoms with E-state index in [0.717, 1.165) is 13.0 Å². The third-order valence-corrected chi connectivity index (χ3v) is 2.49. The molecular weight excluding hydrogens is 174 g/mol. The van der Waals surface area contributed by atoms with E-state index in [1.54, 1.807) is 7.11 Å². The average Bonchev–Trinajstić information content (AvgIpc) is 2.19. The van der Waals surface area contributed by atoms with Crippen molar-refractivity contribution in [1.29, 1.82) is 0 Å².